The van der Waals surface area contributed by atoms with E-state index in [-0.39, 0.29) is 35.8 Å². The van der Waals surface area contributed by atoms with E-state index in [1.807, 2.05) is 6.08 Å². The molecule has 2 saturated heterocycles. The van der Waals surface area contributed by atoms with Crippen molar-refractivity contribution in [2.24, 2.45) is 22.7 Å². The standard InChI is InChI=1S/C20H26O5/c1-12-4-3-5-15-19(2,8-6-13-7-9-24-17(13)22)14-10-16(21)20(12,15)11-25-18(14)23/h4,7,14-16,21H,3,5-6,8-11H2,1-2H3/t14-,15+,16-,19-,20-/m0/s1. The van der Waals surface area contributed by atoms with Crippen LogP contribution in [0.15, 0.2) is 23.3 Å². The van der Waals surface area contributed by atoms with Crippen molar-refractivity contribution < 1.29 is 24.2 Å². The van der Waals surface area contributed by atoms with Gasteiger partial charge in [-0.2, -0.15) is 0 Å². The van der Waals surface area contributed by atoms with Gasteiger partial charge in [0.25, 0.3) is 0 Å². The van der Waals surface area contributed by atoms with Crippen molar-refractivity contribution in [2.45, 2.75) is 52.1 Å². The van der Waals surface area contributed by atoms with Gasteiger partial charge in [0.1, 0.15) is 13.2 Å². The maximum Gasteiger partial charge on any atom is 0.334 e. The number of carbonyl (C=O) groups excluding carboxylic acids is 2. The minimum absolute atomic E-state index is 0.184. The molecule has 0 radical (unpaired) electrons. The fourth-order valence-electron chi connectivity index (χ4n) is 5.87. The summed E-state index contributed by atoms with van der Waals surface area (Å²) in [5, 5.41) is 10.9. The monoisotopic (exact) mass is 346 g/mol. The lowest BCUT2D eigenvalue weighted by atomic mass is 9.46. The average molecular weight is 346 g/mol. The van der Waals surface area contributed by atoms with Gasteiger partial charge in [0, 0.05) is 5.57 Å². The zero-order valence-corrected chi connectivity index (χ0v) is 14.9. The zero-order chi connectivity index (χ0) is 17.8. The summed E-state index contributed by atoms with van der Waals surface area (Å²) in [5.74, 6) is -0.557. The van der Waals surface area contributed by atoms with E-state index in [2.05, 4.69) is 19.9 Å². The lowest BCUT2D eigenvalue weighted by Gasteiger charge is -2.57. The Morgan fingerprint density at radius 3 is 2.80 bits per heavy atom. The van der Waals surface area contributed by atoms with Gasteiger partial charge in [0.05, 0.1) is 17.4 Å². The van der Waals surface area contributed by atoms with E-state index in [1.54, 1.807) is 0 Å². The highest BCUT2D eigenvalue weighted by Gasteiger charge is 2.65. The van der Waals surface area contributed by atoms with Crippen LogP contribution in [0.25, 0.3) is 0 Å². The molecule has 0 aromatic heterocycles. The van der Waals surface area contributed by atoms with E-state index in [1.165, 1.54) is 0 Å². The Bertz CT molecular complexity index is 678. The Morgan fingerprint density at radius 2 is 2.08 bits per heavy atom. The first-order valence-corrected chi connectivity index (χ1v) is 9.27. The van der Waals surface area contributed by atoms with Crippen molar-refractivity contribution in [3.63, 3.8) is 0 Å². The van der Waals surface area contributed by atoms with Gasteiger partial charge >= 0.3 is 11.9 Å². The smallest absolute Gasteiger partial charge is 0.334 e. The molecule has 3 fully saturated rings. The predicted octanol–water partition coefficient (Wildman–Crippen LogP) is 2.54. The molecule has 1 saturated carbocycles. The summed E-state index contributed by atoms with van der Waals surface area (Å²) in [6.07, 6.45) is 7.19. The summed E-state index contributed by atoms with van der Waals surface area (Å²) in [6, 6.07) is 0. The van der Waals surface area contributed by atoms with Gasteiger partial charge in [-0.25, -0.2) is 4.79 Å². The summed E-state index contributed by atoms with van der Waals surface area (Å²) in [5.41, 5.74) is 1.11. The molecule has 5 heteroatoms. The zero-order valence-electron chi connectivity index (χ0n) is 14.9. The lowest BCUT2D eigenvalue weighted by molar-refractivity contribution is -0.153. The van der Waals surface area contributed by atoms with Crippen LogP contribution in [-0.2, 0) is 19.1 Å². The molecular weight excluding hydrogens is 320 g/mol. The second-order valence-corrected chi connectivity index (χ2v) is 8.30. The molecule has 2 bridgehead atoms. The second kappa shape index (κ2) is 5.70. The van der Waals surface area contributed by atoms with Crippen molar-refractivity contribution in [3.8, 4) is 0 Å². The summed E-state index contributed by atoms with van der Waals surface area (Å²) in [7, 11) is 0. The minimum Gasteiger partial charge on any atom is -0.464 e. The fraction of sp³-hybridized carbons (Fsp3) is 0.700. The topological polar surface area (TPSA) is 72.8 Å². The molecule has 5 aliphatic rings. The van der Waals surface area contributed by atoms with Gasteiger partial charge < -0.3 is 14.6 Å². The molecular formula is C20H26O5. The van der Waals surface area contributed by atoms with Crippen molar-refractivity contribution in [2.75, 3.05) is 13.2 Å². The van der Waals surface area contributed by atoms with Crippen LogP contribution in [0.5, 0.6) is 0 Å². The molecule has 0 unspecified atom stereocenters. The van der Waals surface area contributed by atoms with E-state index in [0.29, 0.717) is 25.0 Å². The van der Waals surface area contributed by atoms with Crippen LogP contribution in [0, 0.1) is 22.7 Å². The van der Waals surface area contributed by atoms with Crippen LogP contribution in [0.4, 0.5) is 0 Å². The summed E-state index contributed by atoms with van der Waals surface area (Å²) in [4.78, 5) is 24.5. The van der Waals surface area contributed by atoms with Crippen molar-refractivity contribution in [1.29, 1.82) is 0 Å². The molecule has 2 aliphatic carbocycles. The second-order valence-electron chi connectivity index (χ2n) is 8.30. The Morgan fingerprint density at radius 1 is 1.28 bits per heavy atom. The molecule has 5 atom stereocenters. The largest absolute Gasteiger partial charge is 0.464 e. The summed E-state index contributed by atoms with van der Waals surface area (Å²) >= 11 is 0. The molecule has 25 heavy (non-hydrogen) atoms. The van der Waals surface area contributed by atoms with Crippen LogP contribution in [0.1, 0.15) is 46.0 Å². The molecule has 0 aromatic rings. The van der Waals surface area contributed by atoms with Crippen LogP contribution in [-0.4, -0.2) is 36.4 Å². The van der Waals surface area contributed by atoms with Crippen LogP contribution in [0.2, 0.25) is 0 Å². The highest BCUT2D eigenvalue weighted by atomic mass is 16.5. The SMILES string of the molecule is CC1=CCC[C@@H]2[C@@](C)(CCC3=CCOC3=O)[C@H]3C[C@H](O)[C@@]12COC3=O. The first kappa shape index (κ1) is 16.8. The van der Waals surface area contributed by atoms with Gasteiger partial charge in [0.2, 0.25) is 0 Å². The Hall–Kier alpha value is -1.62. The third-order valence-electron chi connectivity index (χ3n) is 7.38. The molecule has 3 aliphatic heterocycles. The molecule has 0 aromatic carbocycles. The number of aliphatic hydroxyl groups is 1. The maximum atomic E-state index is 12.7. The average Bonchev–Trinajstić information content (AvgIpc) is 2.91. The number of ether oxygens (including phenoxy) is 2. The van der Waals surface area contributed by atoms with Gasteiger partial charge in [-0.05, 0) is 56.4 Å². The van der Waals surface area contributed by atoms with E-state index in [9.17, 15) is 14.7 Å². The van der Waals surface area contributed by atoms with Crippen molar-refractivity contribution in [3.05, 3.63) is 23.3 Å². The Balaban J connectivity index is 1.72. The van der Waals surface area contributed by atoms with Crippen LogP contribution >= 0.6 is 0 Å². The highest BCUT2D eigenvalue weighted by molar-refractivity contribution is 5.90. The predicted molar refractivity (Wildman–Crippen MR) is 90.4 cm³/mol. The number of fused-ring (bicyclic) bond motifs is 3. The first-order valence-electron chi connectivity index (χ1n) is 9.27. The first-order chi connectivity index (χ1) is 11.9. The fourth-order valence-corrected chi connectivity index (χ4v) is 5.87. The number of esters is 2. The number of rotatable bonds is 3. The summed E-state index contributed by atoms with van der Waals surface area (Å²) < 4.78 is 10.6. The van der Waals surface area contributed by atoms with Crippen molar-refractivity contribution >= 4 is 11.9 Å². The third kappa shape index (κ3) is 2.24. The minimum atomic E-state index is -0.547. The van der Waals surface area contributed by atoms with Gasteiger partial charge in [-0.3, -0.25) is 4.79 Å². The molecule has 1 N–H and O–H groups in total. The molecule has 1 spiro atoms. The van der Waals surface area contributed by atoms with Gasteiger partial charge in [-0.1, -0.05) is 18.6 Å². The summed E-state index contributed by atoms with van der Waals surface area (Å²) in [6.45, 7) is 4.85. The third-order valence-corrected chi connectivity index (χ3v) is 7.38. The number of allylic oxidation sites excluding steroid dienone is 1. The Labute approximate surface area is 148 Å². The number of hydrogen-bond acceptors (Lipinski definition) is 5. The quantitative estimate of drug-likeness (QED) is 0.628. The molecule has 0 amide bonds. The van der Waals surface area contributed by atoms with Crippen LogP contribution in [0.3, 0.4) is 0 Å². The van der Waals surface area contributed by atoms with Gasteiger partial charge in [0.15, 0.2) is 0 Å². The Kier molecular flexibility index (Phi) is 3.83. The molecule has 136 valence electrons. The number of aliphatic hydroxyl groups excluding tert-OH is 1. The molecule has 5 nitrogen and oxygen atoms in total. The van der Waals surface area contributed by atoms with Crippen molar-refractivity contribution in [1.82, 2.24) is 0 Å². The molecule has 5 rings (SSSR count). The highest BCUT2D eigenvalue weighted by Crippen LogP contribution is 2.64. The van der Waals surface area contributed by atoms with E-state index in [4.69, 9.17) is 9.47 Å². The van der Waals surface area contributed by atoms with Gasteiger partial charge in [-0.15, -0.1) is 0 Å². The number of carbonyl (C=O) groups is 2. The lowest BCUT2D eigenvalue weighted by Crippen LogP contribution is -2.58. The normalized spacial score (nSPS) is 42.9. The molecule has 3 heterocycles. The van der Waals surface area contributed by atoms with Crippen LogP contribution < -0.4 is 0 Å². The number of cyclic esters (lactones) is 1. The van der Waals surface area contributed by atoms with E-state index in [0.717, 1.165) is 24.8 Å². The maximum absolute atomic E-state index is 12.7. The van der Waals surface area contributed by atoms with E-state index < -0.39 is 11.5 Å². The number of hydrogen-bond donors (Lipinski definition) is 1. The van der Waals surface area contributed by atoms with E-state index >= 15 is 0 Å².